The van der Waals surface area contributed by atoms with Gasteiger partial charge in [-0.15, -0.1) is 16.8 Å². The van der Waals surface area contributed by atoms with Gasteiger partial charge < -0.3 is 9.88 Å². The van der Waals surface area contributed by atoms with Crippen LogP contribution >= 0.6 is 11.8 Å². The third kappa shape index (κ3) is 3.71. The number of benzene rings is 1. The Bertz CT molecular complexity index is 582. The molecule has 2 rings (SSSR count). The number of aromatic nitrogens is 3. The number of carbonyl (C=O) groups is 1. The highest BCUT2D eigenvalue weighted by molar-refractivity contribution is 8.00. The molecule has 0 unspecified atom stereocenters. The summed E-state index contributed by atoms with van der Waals surface area (Å²) in [7, 11) is 0. The van der Waals surface area contributed by atoms with Crippen molar-refractivity contribution in [3.63, 3.8) is 0 Å². The largest absolute Gasteiger partial charge is 0.325 e. The Morgan fingerprint density at radius 2 is 2.25 bits per heavy atom. The van der Waals surface area contributed by atoms with Crippen molar-refractivity contribution in [2.24, 2.45) is 0 Å². The average Bonchev–Trinajstić information content (AvgIpc) is 2.87. The van der Waals surface area contributed by atoms with E-state index in [4.69, 9.17) is 0 Å². The first-order valence-corrected chi connectivity index (χ1v) is 7.10. The molecular formula is C14H16N4OS. The standard InChI is InChI=1S/C14H16N4OS/c1-3-9-18-10-15-17-14(18)20-11(2)13(19)16-12-7-5-4-6-8-12/h3-8,10-11H,1,9H2,2H3,(H,16,19)/t11-/m1/s1. The van der Waals surface area contributed by atoms with E-state index in [1.807, 2.05) is 41.8 Å². The molecule has 0 aliphatic carbocycles. The molecular weight excluding hydrogens is 272 g/mol. The van der Waals surface area contributed by atoms with E-state index in [9.17, 15) is 4.79 Å². The second-order valence-corrected chi connectivity index (χ2v) is 5.48. The van der Waals surface area contributed by atoms with Crippen LogP contribution in [0.15, 0.2) is 54.5 Å². The molecule has 0 radical (unpaired) electrons. The van der Waals surface area contributed by atoms with Gasteiger partial charge in [-0.1, -0.05) is 36.0 Å². The number of allylic oxidation sites excluding steroid dienone is 1. The van der Waals surface area contributed by atoms with Crippen molar-refractivity contribution in [2.75, 3.05) is 5.32 Å². The van der Waals surface area contributed by atoms with E-state index < -0.39 is 0 Å². The fourth-order valence-corrected chi connectivity index (χ4v) is 2.41. The predicted octanol–water partition coefficient (Wildman–Crippen LogP) is 2.58. The monoisotopic (exact) mass is 288 g/mol. The van der Waals surface area contributed by atoms with E-state index in [1.165, 1.54) is 11.8 Å². The minimum absolute atomic E-state index is 0.0608. The lowest BCUT2D eigenvalue weighted by Gasteiger charge is -2.11. The molecule has 0 aliphatic heterocycles. The Morgan fingerprint density at radius 3 is 2.95 bits per heavy atom. The second-order valence-electron chi connectivity index (χ2n) is 4.17. The van der Waals surface area contributed by atoms with Gasteiger partial charge in [0.1, 0.15) is 6.33 Å². The molecule has 2 aromatic rings. The molecule has 6 heteroatoms. The number of para-hydroxylation sites is 1. The zero-order valence-corrected chi connectivity index (χ0v) is 12.0. The van der Waals surface area contributed by atoms with E-state index in [2.05, 4.69) is 22.1 Å². The highest BCUT2D eigenvalue weighted by Gasteiger charge is 2.17. The summed E-state index contributed by atoms with van der Waals surface area (Å²) in [5.74, 6) is -0.0608. The van der Waals surface area contributed by atoms with E-state index in [-0.39, 0.29) is 11.2 Å². The van der Waals surface area contributed by atoms with Crippen LogP contribution in [0.2, 0.25) is 0 Å². The Morgan fingerprint density at radius 1 is 1.50 bits per heavy atom. The van der Waals surface area contributed by atoms with Crippen molar-refractivity contribution >= 4 is 23.4 Å². The molecule has 1 atom stereocenters. The maximum atomic E-state index is 12.1. The minimum atomic E-state index is -0.261. The van der Waals surface area contributed by atoms with E-state index in [0.717, 1.165) is 5.69 Å². The minimum Gasteiger partial charge on any atom is -0.325 e. The molecule has 0 bridgehead atoms. The highest BCUT2D eigenvalue weighted by atomic mass is 32.2. The maximum Gasteiger partial charge on any atom is 0.237 e. The molecule has 1 N–H and O–H groups in total. The Labute approximate surface area is 122 Å². The molecule has 1 heterocycles. The summed E-state index contributed by atoms with van der Waals surface area (Å²) in [6.07, 6.45) is 3.40. The number of hydrogen-bond donors (Lipinski definition) is 1. The van der Waals surface area contributed by atoms with Gasteiger partial charge in [0.15, 0.2) is 5.16 Å². The summed E-state index contributed by atoms with van der Waals surface area (Å²) in [6, 6.07) is 9.39. The van der Waals surface area contributed by atoms with Gasteiger partial charge in [-0.05, 0) is 19.1 Å². The lowest BCUT2D eigenvalue weighted by atomic mass is 10.3. The molecule has 0 saturated heterocycles. The van der Waals surface area contributed by atoms with E-state index in [1.54, 1.807) is 12.4 Å². The maximum absolute atomic E-state index is 12.1. The lowest BCUT2D eigenvalue weighted by molar-refractivity contribution is -0.115. The second kappa shape index (κ2) is 6.91. The number of amides is 1. The molecule has 1 amide bonds. The molecule has 104 valence electrons. The molecule has 0 saturated carbocycles. The molecule has 0 fully saturated rings. The smallest absolute Gasteiger partial charge is 0.237 e. The Hall–Kier alpha value is -2.08. The fraction of sp³-hybridized carbons (Fsp3) is 0.214. The van der Waals surface area contributed by atoms with Gasteiger partial charge in [0.25, 0.3) is 0 Å². The molecule has 0 spiro atoms. The zero-order chi connectivity index (χ0) is 14.4. The summed E-state index contributed by atoms with van der Waals surface area (Å²) < 4.78 is 1.85. The fourth-order valence-electron chi connectivity index (χ4n) is 1.58. The quantitative estimate of drug-likeness (QED) is 0.655. The van der Waals surface area contributed by atoms with E-state index in [0.29, 0.717) is 11.7 Å². The Kier molecular flexibility index (Phi) is 4.95. The third-order valence-electron chi connectivity index (χ3n) is 2.60. The zero-order valence-electron chi connectivity index (χ0n) is 11.2. The molecule has 1 aromatic carbocycles. The van der Waals surface area contributed by atoms with Gasteiger partial charge in [-0.3, -0.25) is 4.79 Å². The van der Waals surface area contributed by atoms with Crippen LogP contribution in [-0.4, -0.2) is 25.9 Å². The summed E-state index contributed by atoms with van der Waals surface area (Å²) in [5.41, 5.74) is 0.789. The van der Waals surface area contributed by atoms with Gasteiger partial charge in [-0.25, -0.2) is 0 Å². The molecule has 1 aromatic heterocycles. The van der Waals surface area contributed by atoms with Gasteiger partial charge in [0.2, 0.25) is 5.91 Å². The van der Waals surface area contributed by atoms with Crippen molar-refractivity contribution in [3.05, 3.63) is 49.3 Å². The summed E-state index contributed by atoms with van der Waals surface area (Å²) in [6.45, 7) is 6.15. The van der Waals surface area contributed by atoms with Crippen LogP contribution in [0.3, 0.4) is 0 Å². The first-order valence-electron chi connectivity index (χ1n) is 6.22. The predicted molar refractivity (Wildman–Crippen MR) is 80.6 cm³/mol. The number of rotatable bonds is 6. The van der Waals surface area contributed by atoms with Crippen molar-refractivity contribution in [2.45, 2.75) is 23.9 Å². The van der Waals surface area contributed by atoms with Crippen LogP contribution in [0, 0.1) is 0 Å². The van der Waals surface area contributed by atoms with Gasteiger partial charge in [0, 0.05) is 12.2 Å². The number of thioether (sulfide) groups is 1. The van der Waals surface area contributed by atoms with Gasteiger partial charge in [0.05, 0.1) is 5.25 Å². The summed E-state index contributed by atoms with van der Waals surface area (Å²) in [5, 5.41) is 11.2. The van der Waals surface area contributed by atoms with Crippen molar-refractivity contribution in [1.29, 1.82) is 0 Å². The van der Waals surface area contributed by atoms with Crippen LogP contribution in [-0.2, 0) is 11.3 Å². The number of hydrogen-bond acceptors (Lipinski definition) is 4. The average molecular weight is 288 g/mol. The molecule has 0 aliphatic rings. The van der Waals surface area contributed by atoms with Crippen molar-refractivity contribution in [1.82, 2.24) is 14.8 Å². The van der Waals surface area contributed by atoms with Gasteiger partial charge >= 0.3 is 0 Å². The van der Waals surface area contributed by atoms with E-state index >= 15 is 0 Å². The number of carbonyl (C=O) groups excluding carboxylic acids is 1. The third-order valence-corrected chi connectivity index (χ3v) is 3.69. The Balaban J connectivity index is 1.97. The number of anilines is 1. The van der Waals surface area contributed by atoms with Gasteiger partial charge in [-0.2, -0.15) is 0 Å². The van der Waals surface area contributed by atoms with Crippen LogP contribution in [0.1, 0.15) is 6.92 Å². The molecule has 5 nitrogen and oxygen atoms in total. The van der Waals surface area contributed by atoms with Crippen LogP contribution in [0.5, 0.6) is 0 Å². The van der Waals surface area contributed by atoms with Crippen molar-refractivity contribution in [3.8, 4) is 0 Å². The first kappa shape index (κ1) is 14.3. The topological polar surface area (TPSA) is 59.8 Å². The summed E-state index contributed by atoms with van der Waals surface area (Å²) >= 11 is 1.37. The summed E-state index contributed by atoms with van der Waals surface area (Å²) in [4.78, 5) is 12.1. The van der Waals surface area contributed by atoms with Crippen LogP contribution < -0.4 is 5.32 Å². The lowest BCUT2D eigenvalue weighted by Crippen LogP contribution is -2.22. The van der Waals surface area contributed by atoms with Crippen LogP contribution in [0.4, 0.5) is 5.69 Å². The normalized spacial score (nSPS) is 11.8. The van der Waals surface area contributed by atoms with Crippen molar-refractivity contribution < 1.29 is 4.79 Å². The first-order chi connectivity index (χ1) is 9.70. The highest BCUT2D eigenvalue weighted by Crippen LogP contribution is 2.22. The molecule has 20 heavy (non-hydrogen) atoms. The van der Waals surface area contributed by atoms with Crippen LogP contribution in [0.25, 0.3) is 0 Å². The number of nitrogens with zero attached hydrogens (tertiary/aromatic N) is 3. The SMILES string of the molecule is C=CCn1cnnc1S[C@H](C)C(=O)Nc1ccccc1. The number of nitrogens with one attached hydrogen (secondary N) is 1.